The lowest BCUT2D eigenvalue weighted by Crippen LogP contribution is -2.52. The van der Waals surface area contributed by atoms with Crippen molar-refractivity contribution in [2.24, 2.45) is 0 Å². The molecule has 6 heteroatoms. The third-order valence-electron chi connectivity index (χ3n) is 3.57. The lowest BCUT2D eigenvalue weighted by Gasteiger charge is -2.35. The number of carbonyl (C=O) groups excluding carboxylic acids is 2. The van der Waals surface area contributed by atoms with Gasteiger partial charge in [0.2, 0.25) is 5.91 Å². The lowest BCUT2D eigenvalue weighted by molar-refractivity contribution is -0.128. The third kappa shape index (κ3) is 2.67. The summed E-state index contributed by atoms with van der Waals surface area (Å²) >= 11 is 0. The molecule has 2 heterocycles. The maximum Gasteiger partial charge on any atom is 0.256 e. The number of pyridine rings is 1. The molecule has 0 radical (unpaired) electrons. The summed E-state index contributed by atoms with van der Waals surface area (Å²) in [6.07, 6.45) is 3.05. The Hall–Kier alpha value is -2.76. The molecule has 1 N–H and O–H groups in total. The number of amides is 2. The lowest BCUT2D eigenvalue weighted by atomic mass is 10.0. The van der Waals surface area contributed by atoms with Gasteiger partial charge in [0.25, 0.3) is 5.91 Å². The van der Waals surface area contributed by atoms with Gasteiger partial charge >= 0.3 is 0 Å². The van der Waals surface area contributed by atoms with Gasteiger partial charge in [-0.25, -0.2) is 4.39 Å². The Labute approximate surface area is 126 Å². The highest BCUT2D eigenvalue weighted by atomic mass is 19.1. The number of carbonyl (C=O) groups is 2. The molecule has 3 rings (SSSR count). The van der Waals surface area contributed by atoms with E-state index in [1.807, 2.05) is 0 Å². The van der Waals surface area contributed by atoms with Crippen LogP contribution in [0.25, 0.3) is 0 Å². The number of halogens is 1. The Morgan fingerprint density at radius 3 is 2.73 bits per heavy atom. The SMILES string of the molecule is O=C1NCCN(C(=O)c2cccnc2)C1c1ccc(F)cc1. The zero-order valence-corrected chi connectivity index (χ0v) is 11.7. The molecule has 1 unspecified atom stereocenters. The topological polar surface area (TPSA) is 62.3 Å². The van der Waals surface area contributed by atoms with E-state index in [0.717, 1.165) is 0 Å². The molecule has 22 heavy (non-hydrogen) atoms. The van der Waals surface area contributed by atoms with E-state index in [1.165, 1.54) is 35.4 Å². The summed E-state index contributed by atoms with van der Waals surface area (Å²) in [6, 6.07) is 8.17. The molecule has 1 saturated heterocycles. The normalized spacial score (nSPS) is 18.0. The fourth-order valence-corrected chi connectivity index (χ4v) is 2.52. The second-order valence-corrected chi connectivity index (χ2v) is 4.99. The molecule has 0 aliphatic carbocycles. The van der Waals surface area contributed by atoms with Crippen molar-refractivity contribution in [3.8, 4) is 0 Å². The Kier molecular flexibility index (Phi) is 3.82. The van der Waals surface area contributed by atoms with Crippen molar-refractivity contribution in [1.82, 2.24) is 15.2 Å². The summed E-state index contributed by atoms with van der Waals surface area (Å²) in [4.78, 5) is 30.3. The smallest absolute Gasteiger partial charge is 0.256 e. The van der Waals surface area contributed by atoms with Gasteiger partial charge in [-0.05, 0) is 29.8 Å². The van der Waals surface area contributed by atoms with Gasteiger partial charge in [-0.3, -0.25) is 14.6 Å². The minimum atomic E-state index is -0.762. The summed E-state index contributed by atoms with van der Waals surface area (Å²) in [5.41, 5.74) is 1.00. The highest BCUT2D eigenvalue weighted by Crippen LogP contribution is 2.25. The second kappa shape index (κ2) is 5.93. The predicted octanol–water partition coefficient (Wildman–Crippen LogP) is 1.53. The number of hydrogen-bond donors (Lipinski definition) is 1. The van der Waals surface area contributed by atoms with E-state index in [-0.39, 0.29) is 17.6 Å². The maximum absolute atomic E-state index is 13.1. The number of nitrogens with zero attached hydrogens (tertiary/aromatic N) is 2. The minimum Gasteiger partial charge on any atom is -0.352 e. The highest BCUT2D eigenvalue weighted by Gasteiger charge is 2.34. The Morgan fingerprint density at radius 1 is 1.27 bits per heavy atom. The molecule has 1 atom stereocenters. The molecule has 1 fully saturated rings. The summed E-state index contributed by atoms with van der Waals surface area (Å²) in [6.45, 7) is 0.782. The van der Waals surface area contributed by atoms with Crippen LogP contribution >= 0.6 is 0 Å². The first-order valence-electron chi connectivity index (χ1n) is 6.91. The maximum atomic E-state index is 13.1. The van der Waals surface area contributed by atoms with Crippen molar-refractivity contribution < 1.29 is 14.0 Å². The van der Waals surface area contributed by atoms with Gasteiger partial charge in [0, 0.05) is 25.5 Å². The van der Waals surface area contributed by atoms with Crippen LogP contribution in [0.3, 0.4) is 0 Å². The van der Waals surface area contributed by atoms with Crippen LogP contribution in [0.4, 0.5) is 4.39 Å². The molecule has 5 nitrogen and oxygen atoms in total. The Morgan fingerprint density at radius 2 is 2.05 bits per heavy atom. The van der Waals surface area contributed by atoms with Gasteiger partial charge < -0.3 is 10.2 Å². The molecular weight excluding hydrogens is 285 g/mol. The van der Waals surface area contributed by atoms with E-state index in [9.17, 15) is 14.0 Å². The average molecular weight is 299 g/mol. The number of piperazine rings is 1. The molecule has 1 aliphatic heterocycles. The molecule has 2 amide bonds. The van der Waals surface area contributed by atoms with Gasteiger partial charge in [-0.15, -0.1) is 0 Å². The van der Waals surface area contributed by atoms with Crippen molar-refractivity contribution in [2.45, 2.75) is 6.04 Å². The molecular formula is C16H14FN3O2. The molecule has 0 bridgehead atoms. The molecule has 1 aromatic heterocycles. The first-order valence-corrected chi connectivity index (χ1v) is 6.91. The van der Waals surface area contributed by atoms with E-state index in [4.69, 9.17) is 0 Å². The number of benzene rings is 1. The quantitative estimate of drug-likeness (QED) is 0.915. The van der Waals surface area contributed by atoms with Crippen LogP contribution in [0.5, 0.6) is 0 Å². The van der Waals surface area contributed by atoms with Crippen LogP contribution in [-0.4, -0.2) is 34.8 Å². The number of hydrogen-bond acceptors (Lipinski definition) is 3. The first-order chi connectivity index (χ1) is 10.7. The molecule has 1 aliphatic rings. The van der Waals surface area contributed by atoms with Gasteiger partial charge in [-0.2, -0.15) is 0 Å². The van der Waals surface area contributed by atoms with Crippen LogP contribution in [0.2, 0.25) is 0 Å². The van der Waals surface area contributed by atoms with Crippen LogP contribution in [-0.2, 0) is 4.79 Å². The number of nitrogens with one attached hydrogen (secondary N) is 1. The summed E-state index contributed by atoms with van der Waals surface area (Å²) < 4.78 is 13.1. The van der Waals surface area contributed by atoms with E-state index >= 15 is 0 Å². The fraction of sp³-hybridized carbons (Fsp3) is 0.188. The predicted molar refractivity (Wildman–Crippen MR) is 77.4 cm³/mol. The number of rotatable bonds is 2. The van der Waals surface area contributed by atoms with Gasteiger partial charge in [0.1, 0.15) is 11.9 Å². The molecule has 112 valence electrons. The van der Waals surface area contributed by atoms with E-state index in [1.54, 1.807) is 18.3 Å². The summed E-state index contributed by atoms with van der Waals surface area (Å²) in [5.74, 6) is -0.919. The van der Waals surface area contributed by atoms with E-state index in [0.29, 0.717) is 24.2 Å². The first kappa shape index (κ1) is 14.2. The third-order valence-corrected chi connectivity index (χ3v) is 3.57. The van der Waals surface area contributed by atoms with Gasteiger partial charge in [0.15, 0.2) is 0 Å². The molecule has 1 aromatic carbocycles. The largest absolute Gasteiger partial charge is 0.352 e. The molecule has 0 spiro atoms. The average Bonchev–Trinajstić information content (AvgIpc) is 2.56. The van der Waals surface area contributed by atoms with Crippen LogP contribution < -0.4 is 5.32 Å². The Balaban J connectivity index is 1.95. The van der Waals surface area contributed by atoms with E-state index in [2.05, 4.69) is 10.3 Å². The fourth-order valence-electron chi connectivity index (χ4n) is 2.52. The molecule has 0 saturated carbocycles. The van der Waals surface area contributed by atoms with Gasteiger partial charge in [-0.1, -0.05) is 12.1 Å². The minimum absolute atomic E-state index is 0.266. The van der Waals surface area contributed by atoms with Gasteiger partial charge in [0.05, 0.1) is 5.56 Å². The zero-order valence-electron chi connectivity index (χ0n) is 11.7. The monoisotopic (exact) mass is 299 g/mol. The van der Waals surface area contributed by atoms with Crippen molar-refractivity contribution in [3.63, 3.8) is 0 Å². The van der Waals surface area contributed by atoms with Crippen molar-refractivity contribution in [2.75, 3.05) is 13.1 Å². The van der Waals surface area contributed by atoms with Crippen LogP contribution in [0, 0.1) is 5.82 Å². The second-order valence-electron chi connectivity index (χ2n) is 4.99. The molecule has 2 aromatic rings. The summed E-state index contributed by atoms with van der Waals surface area (Å²) in [7, 11) is 0. The van der Waals surface area contributed by atoms with E-state index < -0.39 is 6.04 Å². The standard InChI is InChI=1S/C16H14FN3O2/c17-13-5-3-11(4-6-13)14-15(21)19-8-9-20(14)16(22)12-2-1-7-18-10-12/h1-7,10,14H,8-9H2,(H,19,21). The van der Waals surface area contributed by atoms with Crippen LogP contribution in [0.1, 0.15) is 22.0 Å². The number of aromatic nitrogens is 1. The van der Waals surface area contributed by atoms with Crippen molar-refractivity contribution >= 4 is 11.8 Å². The van der Waals surface area contributed by atoms with Crippen molar-refractivity contribution in [3.05, 3.63) is 65.7 Å². The zero-order chi connectivity index (χ0) is 15.5. The van der Waals surface area contributed by atoms with Crippen molar-refractivity contribution in [1.29, 1.82) is 0 Å². The summed E-state index contributed by atoms with van der Waals surface area (Å²) in [5, 5.41) is 2.74. The Bertz CT molecular complexity index is 688. The highest BCUT2D eigenvalue weighted by molar-refractivity contribution is 5.98. The van der Waals surface area contributed by atoms with Crippen LogP contribution in [0.15, 0.2) is 48.8 Å².